The van der Waals surface area contributed by atoms with E-state index in [1.54, 1.807) is 6.07 Å². The number of hydrogen-bond acceptors (Lipinski definition) is 2. The van der Waals surface area contributed by atoms with Gasteiger partial charge in [-0.15, -0.1) is 0 Å². The Bertz CT molecular complexity index is 427. The van der Waals surface area contributed by atoms with Gasteiger partial charge in [0.15, 0.2) is 0 Å². The van der Waals surface area contributed by atoms with Crippen molar-refractivity contribution in [3.05, 3.63) is 33.8 Å². The first-order valence-electron chi connectivity index (χ1n) is 5.26. The lowest BCUT2D eigenvalue weighted by atomic mass is 10.1. The maximum atomic E-state index is 11.9. The van der Waals surface area contributed by atoms with Crippen LogP contribution in [0.4, 0.5) is 0 Å². The lowest BCUT2D eigenvalue weighted by molar-refractivity contribution is 0.0906. The molecule has 1 aromatic carbocycles. The number of rotatable bonds is 3. The van der Waals surface area contributed by atoms with Crippen molar-refractivity contribution < 1.29 is 9.90 Å². The molecule has 0 atom stereocenters. The summed E-state index contributed by atoms with van der Waals surface area (Å²) in [6.07, 6.45) is 1.72. The molecule has 0 spiro atoms. The third kappa shape index (κ3) is 2.28. The molecule has 16 heavy (non-hydrogen) atoms. The molecule has 0 heterocycles. The first-order chi connectivity index (χ1) is 7.56. The number of aryl methyl sites for hydroxylation is 1. The van der Waals surface area contributed by atoms with Crippen LogP contribution in [-0.4, -0.2) is 23.2 Å². The number of hydrogen-bond donors (Lipinski definition) is 2. The van der Waals surface area contributed by atoms with Crippen LogP contribution in [0.5, 0.6) is 0 Å². The van der Waals surface area contributed by atoms with E-state index in [-0.39, 0.29) is 18.1 Å². The SMILES string of the molecule is Cc1ccc(C(=O)NC2(CO)CC2)c(Br)c1. The number of halogens is 1. The van der Waals surface area contributed by atoms with Gasteiger partial charge in [-0.25, -0.2) is 0 Å². The average Bonchev–Trinajstić information content (AvgIpc) is 2.98. The van der Waals surface area contributed by atoms with Gasteiger partial charge in [-0.05, 0) is 53.4 Å². The van der Waals surface area contributed by atoms with Crippen molar-refractivity contribution in [1.29, 1.82) is 0 Å². The lowest BCUT2D eigenvalue weighted by Crippen LogP contribution is -2.39. The first-order valence-corrected chi connectivity index (χ1v) is 6.05. The second-order valence-electron chi connectivity index (χ2n) is 4.38. The standard InChI is InChI=1S/C12H14BrNO2/c1-8-2-3-9(10(13)6-8)11(16)14-12(7-15)4-5-12/h2-3,6,15H,4-5,7H2,1H3,(H,14,16). The van der Waals surface area contributed by atoms with Gasteiger partial charge in [0.2, 0.25) is 0 Å². The van der Waals surface area contributed by atoms with Crippen LogP contribution < -0.4 is 5.32 Å². The van der Waals surface area contributed by atoms with Crippen LogP contribution in [0.25, 0.3) is 0 Å². The Labute approximate surface area is 103 Å². The first kappa shape index (κ1) is 11.6. The van der Waals surface area contributed by atoms with E-state index >= 15 is 0 Å². The molecule has 1 amide bonds. The van der Waals surface area contributed by atoms with Gasteiger partial charge in [-0.2, -0.15) is 0 Å². The molecule has 1 fully saturated rings. The number of benzene rings is 1. The molecule has 3 nitrogen and oxygen atoms in total. The number of nitrogens with one attached hydrogen (secondary N) is 1. The molecule has 0 radical (unpaired) electrons. The number of aliphatic hydroxyl groups is 1. The lowest BCUT2D eigenvalue weighted by Gasteiger charge is -2.15. The van der Waals surface area contributed by atoms with Gasteiger partial charge in [-0.1, -0.05) is 6.07 Å². The fourth-order valence-corrected chi connectivity index (χ4v) is 2.26. The van der Waals surface area contributed by atoms with Gasteiger partial charge in [0.1, 0.15) is 0 Å². The Morgan fingerprint density at radius 2 is 2.25 bits per heavy atom. The summed E-state index contributed by atoms with van der Waals surface area (Å²) < 4.78 is 0.790. The molecule has 0 aliphatic heterocycles. The van der Waals surface area contributed by atoms with E-state index in [1.807, 2.05) is 19.1 Å². The van der Waals surface area contributed by atoms with E-state index < -0.39 is 0 Å². The van der Waals surface area contributed by atoms with Gasteiger partial charge in [-0.3, -0.25) is 4.79 Å². The van der Waals surface area contributed by atoms with Crippen molar-refractivity contribution in [3.63, 3.8) is 0 Å². The van der Waals surface area contributed by atoms with E-state index in [9.17, 15) is 4.79 Å². The maximum absolute atomic E-state index is 11.9. The largest absolute Gasteiger partial charge is 0.394 e. The minimum absolute atomic E-state index is 0.0161. The molecule has 0 unspecified atom stereocenters. The normalized spacial score (nSPS) is 16.9. The highest BCUT2D eigenvalue weighted by molar-refractivity contribution is 9.10. The molecular formula is C12H14BrNO2. The zero-order valence-electron chi connectivity index (χ0n) is 9.09. The fraction of sp³-hybridized carbons (Fsp3) is 0.417. The molecule has 2 rings (SSSR count). The molecule has 0 saturated heterocycles. The van der Waals surface area contributed by atoms with Crippen LogP contribution in [0, 0.1) is 6.92 Å². The minimum Gasteiger partial charge on any atom is -0.394 e. The van der Waals surface area contributed by atoms with Crippen LogP contribution in [0.15, 0.2) is 22.7 Å². The highest BCUT2D eigenvalue weighted by Crippen LogP contribution is 2.35. The monoisotopic (exact) mass is 283 g/mol. The summed E-state index contributed by atoms with van der Waals surface area (Å²) in [5.74, 6) is -0.126. The van der Waals surface area contributed by atoms with Gasteiger partial charge in [0, 0.05) is 4.47 Å². The van der Waals surface area contributed by atoms with E-state index in [2.05, 4.69) is 21.2 Å². The van der Waals surface area contributed by atoms with Crippen molar-refractivity contribution in [2.24, 2.45) is 0 Å². The zero-order valence-corrected chi connectivity index (χ0v) is 10.7. The summed E-state index contributed by atoms with van der Waals surface area (Å²) in [6.45, 7) is 1.99. The van der Waals surface area contributed by atoms with Crippen LogP contribution in [0.3, 0.4) is 0 Å². The van der Waals surface area contributed by atoms with Crippen molar-refractivity contribution >= 4 is 21.8 Å². The second-order valence-corrected chi connectivity index (χ2v) is 5.23. The smallest absolute Gasteiger partial charge is 0.252 e. The van der Waals surface area contributed by atoms with Crippen LogP contribution >= 0.6 is 15.9 Å². The average molecular weight is 284 g/mol. The summed E-state index contributed by atoms with van der Waals surface area (Å²) in [5, 5.41) is 12.0. The van der Waals surface area contributed by atoms with E-state index in [1.165, 1.54) is 0 Å². The molecule has 0 aromatic heterocycles. The Morgan fingerprint density at radius 1 is 1.56 bits per heavy atom. The highest BCUT2D eigenvalue weighted by Gasteiger charge is 2.43. The third-order valence-corrected chi connectivity index (χ3v) is 3.56. The van der Waals surface area contributed by atoms with Crippen molar-refractivity contribution in [2.45, 2.75) is 25.3 Å². The Morgan fingerprint density at radius 3 is 2.75 bits per heavy atom. The number of amides is 1. The predicted octanol–water partition coefficient (Wildman–Crippen LogP) is 2.01. The topological polar surface area (TPSA) is 49.3 Å². The molecule has 1 aromatic rings. The number of carbonyl (C=O) groups excluding carboxylic acids is 1. The fourth-order valence-electron chi connectivity index (χ4n) is 1.59. The summed E-state index contributed by atoms with van der Waals surface area (Å²) in [4.78, 5) is 11.9. The molecule has 2 N–H and O–H groups in total. The van der Waals surface area contributed by atoms with Crippen LogP contribution in [0.2, 0.25) is 0 Å². The summed E-state index contributed by atoms with van der Waals surface area (Å²) >= 11 is 3.37. The van der Waals surface area contributed by atoms with Crippen molar-refractivity contribution in [3.8, 4) is 0 Å². The molecule has 1 aliphatic carbocycles. The van der Waals surface area contributed by atoms with E-state index in [4.69, 9.17) is 5.11 Å². The van der Waals surface area contributed by atoms with Crippen molar-refractivity contribution in [1.82, 2.24) is 5.32 Å². The Balaban J connectivity index is 2.15. The van der Waals surface area contributed by atoms with E-state index in [0.717, 1.165) is 22.9 Å². The zero-order chi connectivity index (χ0) is 11.8. The summed E-state index contributed by atoms with van der Waals surface area (Å²) in [7, 11) is 0. The summed E-state index contributed by atoms with van der Waals surface area (Å²) in [6, 6.07) is 5.60. The van der Waals surface area contributed by atoms with Crippen LogP contribution in [0.1, 0.15) is 28.8 Å². The summed E-state index contributed by atoms with van der Waals surface area (Å²) in [5.41, 5.74) is 1.36. The maximum Gasteiger partial charge on any atom is 0.252 e. The van der Waals surface area contributed by atoms with Crippen LogP contribution in [-0.2, 0) is 0 Å². The Kier molecular flexibility index (Phi) is 3.04. The van der Waals surface area contributed by atoms with Gasteiger partial charge in [0.25, 0.3) is 5.91 Å². The van der Waals surface area contributed by atoms with Crippen molar-refractivity contribution in [2.75, 3.05) is 6.61 Å². The molecule has 4 heteroatoms. The molecule has 0 bridgehead atoms. The quantitative estimate of drug-likeness (QED) is 0.892. The molecule has 1 saturated carbocycles. The molecular weight excluding hydrogens is 270 g/mol. The predicted molar refractivity (Wildman–Crippen MR) is 65.4 cm³/mol. The minimum atomic E-state index is -0.360. The number of aliphatic hydroxyl groups excluding tert-OH is 1. The van der Waals surface area contributed by atoms with Gasteiger partial charge < -0.3 is 10.4 Å². The van der Waals surface area contributed by atoms with E-state index in [0.29, 0.717) is 5.56 Å². The molecule has 1 aliphatic rings. The highest BCUT2D eigenvalue weighted by atomic mass is 79.9. The molecule has 86 valence electrons. The second kappa shape index (κ2) is 4.18. The van der Waals surface area contributed by atoms with Gasteiger partial charge in [0.05, 0.1) is 17.7 Å². The Hall–Kier alpha value is -0.870. The van der Waals surface area contributed by atoms with Gasteiger partial charge >= 0.3 is 0 Å². The third-order valence-electron chi connectivity index (χ3n) is 2.90. The number of carbonyl (C=O) groups is 1.